The van der Waals surface area contributed by atoms with Gasteiger partial charge in [-0.15, -0.1) is 0 Å². The first-order valence-corrected chi connectivity index (χ1v) is 3.99. The fourth-order valence-electron chi connectivity index (χ4n) is 1.31. The van der Waals surface area contributed by atoms with Gasteiger partial charge in [0.05, 0.1) is 6.04 Å². The highest BCUT2D eigenvalue weighted by Gasteiger charge is 2.33. The lowest BCUT2D eigenvalue weighted by molar-refractivity contribution is -0.121. The quantitative estimate of drug-likeness (QED) is 0.632. The van der Waals surface area contributed by atoms with Crippen molar-refractivity contribution in [2.75, 3.05) is 7.05 Å². The molecule has 0 spiro atoms. The van der Waals surface area contributed by atoms with E-state index >= 15 is 0 Å². The van der Waals surface area contributed by atoms with Crippen LogP contribution in [0, 0.1) is 5.92 Å². The van der Waals surface area contributed by atoms with E-state index in [4.69, 9.17) is 0 Å². The van der Waals surface area contributed by atoms with E-state index in [0.29, 0.717) is 18.1 Å². The van der Waals surface area contributed by atoms with Gasteiger partial charge in [-0.25, -0.2) is 0 Å². The highest BCUT2D eigenvalue weighted by atomic mass is 16.1. The van der Waals surface area contributed by atoms with Crippen molar-refractivity contribution >= 4 is 5.78 Å². The zero-order chi connectivity index (χ0) is 7.56. The SMILES string of the molecule is CCC(=O)C(NC)C1CC1. The number of hydrogen-bond donors (Lipinski definition) is 1. The number of hydrogen-bond acceptors (Lipinski definition) is 2. The van der Waals surface area contributed by atoms with Crippen LogP contribution in [0.3, 0.4) is 0 Å². The second kappa shape index (κ2) is 3.15. The lowest BCUT2D eigenvalue weighted by atomic mass is 10.1. The van der Waals surface area contributed by atoms with Crippen LogP contribution < -0.4 is 5.32 Å². The average molecular weight is 141 g/mol. The van der Waals surface area contributed by atoms with E-state index in [1.807, 2.05) is 14.0 Å². The molecule has 1 atom stereocenters. The van der Waals surface area contributed by atoms with E-state index in [0.717, 1.165) is 0 Å². The van der Waals surface area contributed by atoms with Crippen LogP contribution in [-0.4, -0.2) is 18.9 Å². The Hall–Kier alpha value is -0.370. The molecule has 10 heavy (non-hydrogen) atoms. The molecule has 0 heterocycles. The summed E-state index contributed by atoms with van der Waals surface area (Å²) in [7, 11) is 1.87. The lowest BCUT2D eigenvalue weighted by Crippen LogP contribution is -2.35. The number of carbonyl (C=O) groups excluding carboxylic acids is 1. The van der Waals surface area contributed by atoms with Crippen molar-refractivity contribution in [2.45, 2.75) is 32.2 Å². The minimum absolute atomic E-state index is 0.157. The minimum atomic E-state index is 0.157. The smallest absolute Gasteiger partial charge is 0.149 e. The monoisotopic (exact) mass is 141 g/mol. The third-order valence-electron chi connectivity index (χ3n) is 2.10. The molecule has 0 aromatic carbocycles. The van der Waals surface area contributed by atoms with Gasteiger partial charge in [0.15, 0.2) is 0 Å². The summed E-state index contributed by atoms with van der Waals surface area (Å²) in [5.41, 5.74) is 0. The van der Waals surface area contributed by atoms with Crippen LogP contribution >= 0.6 is 0 Å². The zero-order valence-corrected chi connectivity index (χ0v) is 6.68. The summed E-state index contributed by atoms with van der Waals surface area (Å²) in [5.74, 6) is 1.02. The molecule has 2 nitrogen and oxygen atoms in total. The summed E-state index contributed by atoms with van der Waals surface area (Å²) < 4.78 is 0. The Morgan fingerprint density at radius 1 is 1.70 bits per heavy atom. The maximum absolute atomic E-state index is 11.2. The molecule has 1 saturated carbocycles. The van der Waals surface area contributed by atoms with Crippen molar-refractivity contribution in [3.63, 3.8) is 0 Å². The number of likely N-dealkylation sites (N-methyl/N-ethyl adjacent to an activating group) is 1. The molecule has 1 unspecified atom stereocenters. The van der Waals surface area contributed by atoms with Crippen LogP contribution in [0.15, 0.2) is 0 Å². The van der Waals surface area contributed by atoms with E-state index < -0.39 is 0 Å². The molecule has 0 bridgehead atoms. The molecule has 1 aliphatic carbocycles. The van der Waals surface area contributed by atoms with Crippen LogP contribution in [0.2, 0.25) is 0 Å². The molecule has 1 fully saturated rings. The van der Waals surface area contributed by atoms with Gasteiger partial charge in [0.2, 0.25) is 0 Å². The summed E-state index contributed by atoms with van der Waals surface area (Å²) in [5, 5.41) is 3.07. The molecule has 0 aromatic heterocycles. The van der Waals surface area contributed by atoms with Gasteiger partial charge in [-0.05, 0) is 25.8 Å². The second-order valence-corrected chi connectivity index (χ2v) is 2.92. The van der Waals surface area contributed by atoms with Crippen molar-refractivity contribution in [3.8, 4) is 0 Å². The molecule has 1 aliphatic rings. The summed E-state index contributed by atoms with van der Waals surface area (Å²) in [6, 6.07) is 0.157. The largest absolute Gasteiger partial charge is 0.310 e. The third kappa shape index (κ3) is 1.57. The lowest BCUT2D eigenvalue weighted by Gasteiger charge is -2.11. The zero-order valence-electron chi connectivity index (χ0n) is 6.68. The average Bonchev–Trinajstić information content (AvgIpc) is 2.73. The van der Waals surface area contributed by atoms with Crippen molar-refractivity contribution in [1.29, 1.82) is 0 Å². The van der Waals surface area contributed by atoms with E-state index in [1.165, 1.54) is 12.8 Å². The predicted molar refractivity (Wildman–Crippen MR) is 40.9 cm³/mol. The van der Waals surface area contributed by atoms with E-state index in [1.54, 1.807) is 0 Å². The molecular weight excluding hydrogens is 126 g/mol. The Kier molecular flexibility index (Phi) is 2.44. The number of ketones is 1. The van der Waals surface area contributed by atoms with E-state index in [2.05, 4.69) is 5.32 Å². The topological polar surface area (TPSA) is 29.1 Å². The Morgan fingerprint density at radius 3 is 2.60 bits per heavy atom. The molecule has 0 amide bonds. The summed E-state index contributed by atoms with van der Waals surface area (Å²) in [6.45, 7) is 1.93. The Morgan fingerprint density at radius 2 is 2.30 bits per heavy atom. The number of Topliss-reactive ketones (excluding diaryl/α,β-unsaturated/α-hetero) is 1. The second-order valence-electron chi connectivity index (χ2n) is 2.92. The standard InChI is InChI=1S/C8H15NO/c1-3-7(10)8(9-2)6-4-5-6/h6,8-9H,3-5H2,1-2H3. The van der Waals surface area contributed by atoms with Crippen LogP contribution in [0.25, 0.3) is 0 Å². The van der Waals surface area contributed by atoms with Gasteiger partial charge in [-0.3, -0.25) is 4.79 Å². The predicted octanol–water partition coefficient (Wildman–Crippen LogP) is 0.964. The molecule has 1 rings (SSSR count). The maximum Gasteiger partial charge on any atom is 0.149 e. The molecule has 0 saturated heterocycles. The Bertz CT molecular complexity index is 129. The highest BCUT2D eigenvalue weighted by Crippen LogP contribution is 2.33. The van der Waals surface area contributed by atoms with Crippen LogP contribution in [0.1, 0.15) is 26.2 Å². The number of carbonyl (C=O) groups is 1. The molecule has 58 valence electrons. The van der Waals surface area contributed by atoms with Gasteiger partial charge in [0.1, 0.15) is 5.78 Å². The Balaban J connectivity index is 2.38. The van der Waals surface area contributed by atoms with Gasteiger partial charge < -0.3 is 5.32 Å². The van der Waals surface area contributed by atoms with Crippen molar-refractivity contribution in [1.82, 2.24) is 5.32 Å². The number of nitrogens with one attached hydrogen (secondary N) is 1. The van der Waals surface area contributed by atoms with E-state index in [9.17, 15) is 4.79 Å². The summed E-state index contributed by atoms with van der Waals surface area (Å²) >= 11 is 0. The van der Waals surface area contributed by atoms with Crippen LogP contribution in [-0.2, 0) is 4.79 Å². The van der Waals surface area contributed by atoms with E-state index in [-0.39, 0.29) is 6.04 Å². The molecule has 0 aliphatic heterocycles. The minimum Gasteiger partial charge on any atom is -0.310 e. The fraction of sp³-hybridized carbons (Fsp3) is 0.875. The number of rotatable bonds is 4. The molecule has 2 heteroatoms. The third-order valence-corrected chi connectivity index (χ3v) is 2.10. The van der Waals surface area contributed by atoms with Gasteiger partial charge in [0, 0.05) is 6.42 Å². The first-order chi connectivity index (χ1) is 4.79. The summed E-state index contributed by atoms with van der Waals surface area (Å²) in [4.78, 5) is 11.2. The van der Waals surface area contributed by atoms with Gasteiger partial charge in [0.25, 0.3) is 0 Å². The van der Waals surface area contributed by atoms with Gasteiger partial charge in [-0.1, -0.05) is 6.92 Å². The van der Waals surface area contributed by atoms with Crippen molar-refractivity contribution < 1.29 is 4.79 Å². The van der Waals surface area contributed by atoms with Crippen LogP contribution in [0.4, 0.5) is 0 Å². The van der Waals surface area contributed by atoms with Gasteiger partial charge >= 0.3 is 0 Å². The molecule has 0 radical (unpaired) electrons. The van der Waals surface area contributed by atoms with Crippen molar-refractivity contribution in [2.24, 2.45) is 5.92 Å². The maximum atomic E-state index is 11.2. The first kappa shape index (κ1) is 7.73. The molecule has 1 N–H and O–H groups in total. The van der Waals surface area contributed by atoms with Crippen LogP contribution in [0.5, 0.6) is 0 Å². The molecular formula is C8H15NO. The Labute approximate surface area is 62.0 Å². The fourth-order valence-corrected chi connectivity index (χ4v) is 1.31. The molecule has 0 aromatic rings. The summed E-state index contributed by atoms with van der Waals surface area (Å²) in [6.07, 6.45) is 3.14. The van der Waals surface area contributed by atoms with Gasteiger partial charge in [-0.2, -0.15) is 0 Å². The highest BCUT2D eigenvalue weighted by molar-refractivity contribution is 5.84. The first-order valence-electron chi connectivity index (χ1n) is 3.99. The normalized spacial score (nSPS) is 20.6. The van der Waals surface area contributed by atoms with Crippen molar-refractivity contribution in [3.05, 3.63) is 0 Å².